The largest absolute Gasteiger partial charge is 0.317 e. The maximum absolute atomic E-state index is 11.0. The maximum atomic E-state index is 11.0. The number of rotatable bonds is 6. The fourth-order valence-electron chi connectivity index (χ4n) is 1.44. The van der Waals surface area contributed by atoms with Gasteiger partial charge in [-0.25, -0.2) is 13.6 Å². The van der Waals surface area contributed by atoms with Crippen molar-refractivity contribution in [1.82, 2.24) is 5.32 Å². The van der Waals surface area contributed by atoms with Crippen LogP contribution in [0.25, 0.3) is 0 Å². The first-order valence-electron chi connectivity index (χ1n) is 5.36. The summed E-state index contributed by atoms with van der Waals surface area (Å²) in [5, 5.41) is 8.25. The van der Waals surface area contributed by atoms with Gasteiger partial charge in [0.1, 0.15) is 0 Å². The van der Waals surface area contributed by atoms with Gasteiger partial charge in [0.2, 0.25) is 10.0 Å². The molecule has 1 rings (SSSR count). The highest BCUT2D eigenvalue weighted by Crippen LogP contribution is 2.09. The second kappa shape index (κ2) is 5.98. The van der Waals surface area contributed by atoms with E-state index in [1.165, 1.54) is 0 Å². The molecule has 90 valence electrons. The van der Waals surface area contributed by atoms with Crippen molar-refractivity contribution in [2.75, 3.05) is 13.1 Å². The van der Waals surface area contributed by atoms with Gasteiger partial charge in [-0.05, 0) is 43.6 Å². The van der Waals surface area contributed by atoms with E-state index in [0.717, 1.165) is 31.5 Å². The van der Waals surface area contributed by atoms with Gasteiger partial charge < -0.3 is 5.32 Å². The molecule has 16 heavy (non-hydrogen) atoms. The van der Waals surface area contributed by atoms with Gasteiger partial charge in [-0.15, -0.1) is 0 Å². The number of sulfonamides is 1. The van der Waals surface area contributed by atoms with E-state index in [-0.39, 0.29) is 4.90 Å². The Bertz CT molecular complexity index is 412. The van der Waals surface area contributed by atoms with Crippen LogP contribution in [-0.4, -0.2) is 21.5 Å². The summed E-state index contributed by atoms with van der Waals surface area (Å²) in [6, 6.07) is 6.73. The summed E-state index contributed by atoms with van der Waals surface area (Å²) >= 11 is 0. The monoisotopic (exact) mass is 242 g/mol. The summed E-state index contributed by atoms with van der Waals surface area (Å²) in [4.78, 5) is 0.169. The Morgan fingerprint density at radius 3 is 2.38 bits per heavy atom. The lowest BCUT2D eigenvalue weighted by molar-refractivity contribution is 0.597. The molecule has 5 heteroatoms. The molecule has 0 radical (unpaired) electrons. The smallest absolute Gasteiger partial charge is 0.238 e. The highest BCUT2D eigenvalue weighted by Gasteiger charge is 2.06. The van der Waals surface area contributed by atoms with E-state index in [4.69, 9.17) is 5.14 Å². The number of benzene rings is 1. The highest BCUT2D eigenvalue weighted by atomic mass is 32.2. The topological polar surface area (TPSA) is 72.2 Å². The molecular weight excluding hydrogens is 224 g/mol. The highest BCUT2D eigenvalue weighted by molar-refractivity contribution is 7.89. The van der Waals surface area contributed by atoms with Crippen molar-refractivity contribution in [2.24, 2.45) is 5.14 Å². The fourth-order valence-corrected chi connectivity index (χ4v) is 1.96. The van der Waals surface area contributed by atoms with Crippen molar-refractivity contribution < 1.29 is 8.42 Å². The van der Waals surface area contributed by atoms with Crippen LogP contribution < -0.4 is 10.5 Å². The summed E-state index contributed by atoms with van der Waals surface area (Å²) < 4.78 is 22.0. The van der Waals surface area contributed by atoms with E-state index >= 15 is 0 Å². The molecule has 0 heterocycles. The van der Waals surface area contributed by atoms with Crippen LogP contribution in [0.2, 0.25) is 0 Å². The lowest BCUT2D eigenvalue weighted by Gasteiger charge is -2.03. The molecule has 4 nitrogen and oxygen atoms in total. The first-order valence-corrected chi connectivity index (χ1v) is 6.91. The number of hydrogen-bond acceptors (Lipinski definition) is 3. The quantitative estimate of drug-likeness (QED) is 0.727. The van der Waals surface area contributed by atoms with Crippen molar-refractivity contribution >= 4 is 10.0 Å². The Labute approximate surface area is 96.9 Å². The molecule has 0 saturated carbocycles. The van der Waals surface area contributed by atoms with Crippen molar-refractivity contribution in [3.05, 3.63) is 29.8 Å². The first-order chi connectivity index (χ1) is 7.54. The van der Waals surface area contributed by atoms with Gasteiger partial charge in [0.05, 0.1) is 4.90 Å². The predicted molar refractivity (Wildman–Crippen MR) is 64.7 cm³/mol. The molecule has 0 fully saturated rings. The van der Waals surface area contributed by atoms with Gasteiger partial charge in [0.25, 0.3) is 0 Å². The third-order valence-corrected chi connectivity index (χ3v) is 3.25. The molecule has 0 amide bonds. The molecule has 1 aromatic rings. The molecule has 0 aliphatic carbocycles. The van der Waals surface area contributed by atoms with Gasteiger partial charge >= 0.3 is 0 Å². The minimum Gasteiger partial charge on any atom is -0.317 e. The minimum atomic E-state index is -3.56. The minimum absolute atomic E-state index is 0.169. The van der Waals surface area contributed by atoms with E-state index in [1.807, 2.05) is 12.1 Å². The number of aryl methyl sites for hydroxylation is 1. The van der Waals surface area contributed by atoms with E-state index in [1.54, 1.807) is 12.1 Å². The molecular formula is C11H18N2O2S. The zero-order chi connectivity index (χ0) is 12.0. The molecule has 0 saturated heterocycles. The van der Waals surface area contributed by atoms with Crippen LogP contribution in [0.4, 0.5) is 0 Å². The maximum Gasteiger partial charge on any atom is 0.238 e. The standard InChI is InChI=1S/C11H18N2O2S/c1-2-13-9-3-4-10-5-7-11(8-6-10)16(12,14)15/h5-8,13H,2-4,9H2,1H3,(H2,12,14,15). The molecule has 0 spiro atoms. The average Bonchev–Trinajstić information content (AvgIpc) is 2.24. The second-order valence-corrected chi connectivity index (χ2v) is 5.21. The summed E-state index contributed by atoms with van der Waals surface area (Å²) in [6.45, 7) is 4.03. The van der Waals surface area contributed by atoms with Gasteiger partial charge in [-0.3, -0.25) is 0 Å². The Balaban J connectivity index is 2.52. The predicted octanol–water partition coefficient (Wildman–Crippen LogP) is 0.876. The number of nitrogens with one attached hydrogen (secondary N) is 1. The summed E-state index contributed by atoms with van der Waals surface area (Å²) in [7, 11) is -3.56. The van der Waals surface area contributed by atoms with Crippen molar-refractivity contribution in [3.63, 3.8) is 0 Å². The van der Waals surface area contributed by atoms with Crippen LogP contribution in [0.5, 0.6) is 0 Å². The molecule has 3 N–H and O–H groups in total. The Morgan fingerprint density at radius 1 is 1.25 bits per heavy atom. The summed E-state index contributed by atoms with van der Waals surface area (Å²) in [5.74, 6) is 0. The first kappa shape index (κ1) is 13.2. The van der Waals surface area contributed by atoms with Crippen molar-refractivity contribution in [3.8, 4) is 0 Å². The van der Waals surface area contributed by atoms with Crippen LogP contribution in [0.1, 0.15) is 18.9 Å². The SMILES string of the molecule is CCNCCCc1ccc(S(N)(=O)=O)cc1. The number of hydrogen-bond donors (Lipinski definition) is 2. The van der Waals surface area contributed by atoms with E-state index in [9.17, 15) is 8.42 Å². The number of nitrogens with two attached hydrogens (primary N) is 1. The normalized spacial score (nSPS) is 11.6. The molecule has 0 aliphatic heterocycles. The molecule has 0 aromatic heterocycles. The lowest BCUT2D eigenvalue weighted by atomic mass is 10.1. The summed E-state index contributed by atoms with van der Waals surface area (Å²) in [5.41, 5.74) is 1.13. The third-order valence-electron chi connectivity index (χ3n) is 2.32. The van der Waals surface area contributed by atoms with Gasteiger partial charge in [-0.1, -0.05) is 19.1 Å². The van der Waals surface area contributed by atoms with Crippen LogP contribution in [0.15, 0.2) is 29.2 Å². The van der Waals surface area contributed by atoms with E-state index in [2.05, 4.69) is 12.2 Å². The lowest BCUT2D eigenvalue weighted by Crippen LogP contribution is -2.14. The van der Waals surface area contributed by atoms with Crippen LogP contribution in [0.3, 0.4) is 0 Å². The second-order valence-electron chi connectivity index (χ2n) is 3.65. The van der Waals surface area contributed by atoms with Gasteiger partial charge in [0, 0.05) is 0 Å². The third kappa shape index (κ3) is 4.30. The van der Waals surface area contributed by atoms with Crippen molar-refractivity contribution in [2.45, 2.75) is 24.7 Å². The van der Waals surface area contributed by atoms with Gasteiger partial charge in [0.15, 0.2) is 0 Å². The average molecular weight is 242 g/mol. The Kier molecular flexibility index (Phi) is 4.92. The molecule has 0 atom stereocenters. The van der Waals surface area contributed by atoms with Crippen LogP contribution in [-0.2, 0) is 16.4 Å². The van der Waals surface area contributed by atoms with E-state index in [0.29, 0.717) is 0 Å². The fraction of sp³-hybridized carbons (Fsp3) is 0.455. The van der Waals surface area contributed by atoms with Crippen LogP contribution in [0, 0.1) is 0 Å². The zero-order valence-electron chi connectivity index (χ0n) is 9.44. The molecule has 0 aliphatic rings. The Morgan fingerprint density at radius 2 is 1.88 bits per heavy atom. The molecule has 0 bridgehead atoms. The Hall–Kier alpha value is -0.910. The van der Waals surface area contributed by atoms with Gasteiger partial charge in [-0.2, -0.15) is 0 Å². The molecule has 0 unspecified atom stereocenters. The van der Waals surface area contributed by atoms with E-state index < -0.39 is 10.0 Å². The summed E-state index contributed by atoms with van der Waals surface area (Å²) in [6.07, 6.45) is 1.99. The number of primary sulfonamides is 1. The zero-order valence-corrected chi connectivity index (χ0v) is 10.3. The van der Waals surface area contributed by atoms with Crippen molar-refractivity contribution in [1.29, 1.82) is 0 Å². The molecule has 1 aromatic carbocycles. The van der Waals surface area contributed by atoms with Crippen LogP contribution >= 0.6 is 0 Å².